The average Bonchev–Trinajstić information content (AvgIpc) is 3.78. The maximum Gasteiger partial charge on any atom is 0.180 e. The molecule has 1 fully saturated rings. The van der Waals surface area contributed by atoms with Crippen molar-refractivity contribution in [2.75, 3.05) is 0 Å². The molecule has 0 amide bonds. The molecule has 1 N–H and O–H groups in total. The van der Waals surface area contributed by atoms with Crippen LogP contribution >= 0.6 is 15.9 Å². The molecular weight excluding hydrogens is 596 g/mol. The number of para-hydroxylation sites is 1. The highest BCUT2D eigenvalue weighted by atomic mass is 79.9. The Morgan fingerprint density at radius 3 is 2.59 bits per heavy atom. The molecule has 1 aliphatic heterocycles. The number of hydrogen-bond donors (Lipinski definition) is 1. The van der Waals surface area contributed by atoms with Crippen LogP contribution in [0.15, 0.2) is 76.2 Å². The first-order valence-corrected chi connectivity index (χ1v) is 17.3. The molecule has 3 aromatic rings. The van der Waals surface area contributed by atoms with Gasteiger partial charge in [0.25, 0.3) is 0 Å². The number of aromatic nitrogens is 2. The van der Waals surface area contributed by atoms with Gasteiger partial charge in [0.15, 0.2) is 9.84 Å². The quantitative estimate of drug-likeness (QED) is 0.216. The Morgan fingerprint density at radius 2 is 1.85 bits per heavy atom. The Bertz CT molecular complexity index is 1550. The van der Waals surface area contributed by atoms with Gasteiger partial charge in [-0.2, -0.15) is 5.10 Å². The molecule has 0 spiro atoms. The molecule has 1 aliphatic carbocycles. The van der Waals surface area contributed by atoms with Crippen LogP contribution in [0.4, 0.5) is 0 Å². The highest BCUT2D eigenvalue weighted by Gasteiger charge is 2.29. The van der Waals surface area contributed by atoms with E-state index in [1.165, 1.54) is 0 Å². The first-order valence-electron chi connectivity index (χ1n) is 15.0. The molecule has 7 heteroatoms. The number of halogens is 1. The van der Waals surface area contributed by atoms with Gasteiger partial charge in [-0.15, -0.1) is 0 Å². The third-order valence-electron chi connectivity index (χ3n) is 8.88. The van der Waals surface area contributed by atoms with E-state index in [0.29, 0.717) is 29.6 Å². The summed E-state index contributed by atoms with van der Waals surface area (Å²) in [4.78, 5) is 0.469. The van der Waals surface area contributed by atoms with Crippen molar-refractivity contribution in [3.05, 3.63) is 88.2 Å². The molecule has 2 aromatic carbocycles. The fraction of sp³-hybridized carbons (Fsp3) is 0.441. The number of nitrogens with zero attached hydrogens (tertiary/aromatic N) is 2. The fourth-order valence-electron chi connectivity index (χ4n) is 6.15. The van der Waals surface area contributed by atoms with Crippen LogP contribution in [0.25, 0.3) is 11.3 Å². The fourth-order valence-corrected chi connectivity index (χ4v) is 8.08. The molecule has 2 heterocycles. The van der Waals surface area contributed by atoms with E-state index in [4.69, 9.17) is 5.10 Å². The number of sulfone groups is 1. The lowest BCUT2D eigenvalue weighted by atomic mass is 9.82. The van der Waals surface area contributed by atoms with Crippen molar-refractivity contribution in [1.29, 1.82) is 0 Å². The van der Waals surface area contributed by atoms with Crippen LogP contribution < -0.4 is 0 Å². The van der Waals surface area contributed by atoms with Gasteiger partial charge in [-0.05, 0) is 95.8 Å². The van der Waals surface area contributed by atoms with Gasteiger partial charge >= 0.3 is 0 Å². The van der Waals surface area contributed by atoms with Gasteiger partial charge in [0.2, 0.25) is 0 Å². The first kappa shape index (κ1) is 29.8. The summed E-state index contributed by atoms with van der Waals surface area (Å²) < 4.78 is 29.9. The minimum atomic E-state index is -3.36. The number of phenolic OH excluding ortho intramolecular Hbond substituents is 1. The summed E-state index contributed by atoms with van der Waals surface area (Å²) >= 11 is 3.69. The molecule has 41 heavy (non-hydrogen) atoms. The van der Waals surface area contributed by atoms with Crippen LogP contribution in [0, 0.1) is 11.8 Å². The molecule has 1 saturated carbocycles. The zero-order valence-corrected chi connectivity index (χ0v) is 26.7. The van der Waals surface area contributed by atoms with E-state index in [1.54, 1.807) is 12.1 Å². The number of phenols is 1. The molecule has 1 unspecified atom stereocenters. The van der Waals surface area contributed by atoms with E-state index < -0.39 is 15.1 Å². The average molecular weight is 638 g/mol. The van der Waals surface area contributed by atoms with Gasteiger partial charge < -0.3 is 5.11 Å². The second kappa shape index (κ2) is 12.7. The molecule has 1 aromatic heterocycles. The minimum Gasteiger partial charge on any atom is -0.507 e. The van der Waals surface area contributed by atoms with Crippen molar-refractivity contribution in [3.63, 3.8) is 0 Å². The lowest BCUT2D eigenvalue weighted by Crippen LogP contribution is -2.21. The lowest BCUT2D eigenvalue weighted by Gasteiger charge is -2.27. The summed E-state index contributed by atoms with van der Waals surface area (Å²) in [6.45, 7) is 6.34. The summed E-state index contributed by atoms with van der Waals surface area (Å²) in [5.41, 5.74) is 5.17. The third-order valence-corrected chi connectivity index (χ3v) is 11.7. The first-order chi connectivity index (χ1) is 19.7. The number of benzene rings is 2. The summed E-state index contributed by atoms with van der Waals surface area (Å²) in [6.07, 6.45) is 13.8. The lowest BCUT2D eigenvalue weighted by molar-refractivity contribution is 0.348. The van der Waals surface area contributed by atoms with Crippen molar-refractivity contribution in [2.24, 2.45) is 11.8 Å². The molecule has 0 saturated heterocycles. The minimum absolute atomic E-state index is 0.190. The van der Waals surface area contributed by atoms with Gasteiger partial charge in [0.05, 0.1) is 26.5 Å². The number of aromatic hydroxyl groups is 1. The SMILES string of the molecule is CCC[C@H](CCC[C@H](C)S(=O)(=O)c1cccc(C2CC2)c1)C(C)C1=CC(c2ccccc2O)=CCc2c(Br)cnn21. The van der Waals surface area contributed by atoms with Crippen molar-refractivity contribution < 1.29 is 13.5 Å². The standard InChI is InChI=1S/C34H41BrN2O3S/c1-4-9-25(11-7-10-23(2)41(39,40)29-13-8-12-27(20-29)26-16-17-26)24(3)33-21-28(30-14-5-6-15-34(30)38)18-19-32-31(35)22-36-37(32)33/h5-6,8,12-15,18,20-26,38H,4,7,9-11,16-17,19H2,1-3H3/t23-,24?,25+/m0/s1. The number of rotatable bonds is 12. The highest BCUT2D eigenvalue weighted by molar-refractivity contribution is 9.10. The maximum absolute atomic E-state index is 13.4. The molecular formula is C34H41BrN2O3S. The van der Waals surface area contributed by atoms with E-state index in [1.807, 2.05) is 43.5 Å². The second-order valence-corrected chi connectivity index (χ2v) is 15.0. The molecule has 218 valence electrons. The van der Waals surface area contributed by atoms with Gasteiger partial charge in [0, 0.05) is 23.6 Å². The predicted molar refractivity (Wildman–Crippen MR) is 170 cm³/mol. The maximum atomic E-state index is 13.4. The van der Waals surface area contributed by atoms with Crippen LogP contribution in [-0.4, -0.2) is 28.6 Å². The molecule has 0 radical (unpaired) electrons. The van der Waals surface area contributed by atoms with E-state index in [9.17, 15) is 13.5 Å². The third kappa shape index (κ3) is 6.56. The predicted octanol–water partition coefficient (Wildman–Crippen LogP) is 8.79. The number of hydrogen-bond acceptors (Lipinski definition) is 4. The van der Waals surface area contributed by atoms with Crippen LogP contribution in [0.5, 0.6) is 5.75 Å². The van der Waals surface area contributed by atoms with Crippen molar-refractivity contribution >= 4 is 37.0 Å². The number of fused-ring (bicyclic) bond motifs is 1. The molecule has 0 bridgehead atoms. The van der Waals surface area contributed by atoms with Crippen molar-refractivity contribution in [3.8, 4) is 5.75 Å². The molecule has 5 rings (SSSR count). The van der Waals surface area contributed by atoms with Crippen LogP contribution in [0.2, 0.25) is 0 Å². The van der Waals surface area contributed by atoms with Crippen LogP contribution in [0.3, 0.4) is 0 Å². The molecule has 3 atom stereocenters. The van der Waals surface area contributed by atoms with E-state index in [0.717, 1.165) is 71.1 Å². The van der Waals surface area contributed by atoms with Crippen LogP contribution in [0.1, 0.15) is 88.5 Å². The zero-order chi connectivity index (χ0) is 29.1. The summed E-state index contributed by atoms with van der Waals surface area (Å²) in [5.74, 6) is 1.37. The van der Waals surface area contributed by atoms with Crippen molar-refractivity contribution in [1.82, 2.24) is 9.78 Å². The number of allylic oxidation sites excluding steroid dienone is 4. The second-order valence-electron chi connectivity index (χ2n) is 11.8. The monoisotopic (exact) mass is 636 g/mol. The van der Waals surface area contributed by atoms with Gasteiger partial charge in [-0.25, -0.2) is 13.1 Å². The molecule has 2 aliphatic rings. The topological polar surface area (TPSA) is 72.2 Å². The largest absolute Gasteiger partial charge is 0.507 e. The normalized spacial score (nSPS) is 17.7. The Kier molecular flexibility index (Phi) is 9.24. The Balaban J connectivity index is 1.34. The molecule has 5 nitrogen and oxygen atoms in total. The summed E-state index contributed by atoms with van der Waals surface area (Å²) in [7, 11) is -3.36. The zero-order valence-electron chi connectivity index (χ0n) is 24.3. The van der Waals surface area contributed by atoms with Gasteiger partial charge in [-0.3, -0.25) is 0 Å². The summed E-state index contributed by atoms with van der Waals surface area (Å²) in [6, 6.07) is 15.1. The Morgan fingerprint density at radius 1 is 1.07 bits per heavy atom. The van der Waals surface area contributed by atoms with Crippen molar-refractivity contribution in [2.45, 2.75) is 88.2 Å². The van der Waals surface area contributed by atoms with Gasteiger partial charge in [0.1, 0.15) is 5.75 Å². The Labute approximate surface area is 253 Å². The van der Waals surface area contributed by atoms with Crippen LogP contribution in [-0.2, 0) is 16.3 Å². The van der Waals surface area contributed by atoms with Gasteiger partial charge in [-0.1, -0.05) is 69.5 Å². The van der Waals surface area contributed by atoms with E-state index >= 15 is 0 Å². The Hall–Kier alpha value is -2.64. The highest BCUT2D eigenvalue weighted by Crippen LogP contribution is 2.41. The summed E-state index contributed by atoms with van der Waals surface area (Å²) in [5, 5.41) is 14.9. The van der Waals surface area contributed by atoms with E-state index in [2.05, 4.69) is 52.7 Å². The van der Waals surface area contributed by atoms with E-state index in [-0.39, 0.29) is 11.7 Å². The smallest absolute Gasteiger partial charge is 0.180 e.